The van der Waals surface area contributed by atoms with Gasteiger partial charge in [0.2, 0.25) is 0 Å². The van der Waals surface area contributed by atoms with Crippen molar-refractivity contribution in [3.05, 3.63) is 0 Å². The largest absolute Gasteiger partial charge is 0.462 e. The average Bonchev–Trinajstić information content (AvgIpc) is 3.06. The van der Waals surface area contributed by atoms with Crippen LogP contribution in [0.3, 0.4) is 0 Å². The summed E-state index contributed by atoms with van der Waals surface area (Å²) in [7, 11) is 0. The molecule has 0 spiro atoms. The highest BCUT2D eigenvalue weighted by atomic mass is 16.6. The topological polar surface area (TPSA) is 78.9 Å². The molecule has 0 fully saturated rings. The van der Waals surface area contributed by atoms with Crippen molar-refractivity contribution in [3.63, 3.8) is 0 Å². The van der Waals surface area contributed by atoms with E-state index in [1.54, 1.807) is 0 Å². The summed E-state index contributed by atoms with van der Waals surface area (Å²) in [5, 5.41) is 0. The molecular formula is C42H80O6. The Morgan fingerprint density at radius 3 is 1.02 bits per heavy atom. The first kappa shape index (κ1) is 46.4. The van der Waals surface area contributed by atoms with Gasteiger partial charge in [0, 0.05) is 19.3 Å². The van der Waals surface area contributed by atoms with Crippen LogP contribution in [0.15, 0.2) is 0 Å². The zero-order chi connectivity index (χ0) is 35.3. The standard InChI is InChI=1S/C42H80O6/c1-5-7-9-11-13-17-23-27-31-35-42(45)48-39(36-46-40(43)33-29-25-20-12-10-8-6-2)37-47-41(44)34-30-26-22-19-16-14-15-18-21-24-28-32-38(3)4/h38-39H,5-37H2,1-4H3/t39-/m1/s1. The zero-order valence-corrected chi connectivity index (χ0v) is 32.4. The lowest BCUT2D eigenvalue weighted by Gasteiger charge is -2.18. The van der Waals surface area contributed by atoms with Crippen LogP contribution >= 0.6 is 0 Å². The predicted molar refractivity (Wildman–Crippen MR) is 201 cm³/mol. The number of hydrogen-bond donors (Lipinski definition) is 0. The van der Waals surface area contributed by atoms with Gasteiger partial charge in [-0.1, -0.05) is 188 Å². The second-order valence-electron chi connectivity index (χ2n) is 14.7. The number of unbranched alkanes of at least 4 members (excludes halogenated alkanes) is 24. The van der Waals surface area contributed by atoms with Gasteiger partial charge in [-0.25, -0.2) is 0 Å². The SMILES string of the molecule is CCCCCCCCCCCC(=O)O[C@H](COC(=O)CCCCCCCCC)COC(=O)CCCCCCCCCCCCCC(C)C. The van der Waals surface area contributed by atoms with Crippen LogP contribution in [-0.4, -0.2) is 37.2 Å². The Morgan fingerprint density at radius 1 is 0.396 bits per heavy atom. The van der Waals surface area contributed by atoms with Gasteiger partial charge in [0.1, 0.15) is 13.2 Å². The molecule has 0 radical (unpaired) electrons. The molecule has 0 heterocycles. The summed E-state index contributed by atoms with van der Waals surface area (Å²) >= 11 is 0. The summed E-state index contributed by atoms with van der Waals surface area (Å²) in [6.45, 7) is 8.92. The number of carbonyl (C=O) groups is 3. The van der Waals surface area contributed by atoms with E-state index < -0.39 is 6.10 Å². The molecule has 0 aliphatic carbocycles. The van der Waals surface area contributed by atoms with Crippen LogP contribution in [0.4, 0.5) is 0 Å². The Bertz CT molecular complexity index is 721. The van der Waals surface area contributed by atoms with Gasteiger partial charge in [0.15, 0.2) is 6.10 Å². The maximum Gasteiger partial charge on any atom is 0.306 e. The number of hydrogen-bond acceptors (Lipinski definition) is 6. The number of esters is 3. The van der Waals surface area contributed by atoms with Gasteiger partial charge in [0.25, 0.3) is 0 Å². The summed E-state index contributed by atoms with van der Waals surface area (Å²) in [6.07, 6.45) is 33.8. The average molecular weight is 681 g/mol. The molecule has 0 saturated carbocycles. The van der Waals surface area contributed by atoms with Crippen LogP contribution in [0, 0.1) is 5.92 Å². The fraction of sp³-hybridized carbons (Fsp3) is 0.929. The molecule has 0 aromatic heterocycles. The molecule has 1 atom stereocenters. The number of rotatable bonds is 37. The molecule has 48 heavy (non-hydrogen) atoms. The highest BCUT2D eigenvalue weighted by Crippen LogP contribution is 2.15. The third-order valence-corrected chi connectivity index (χ3v) is 9.29. The summed E-state index contributed by atoms with van der Waals surface area (Å²) < 4.78 is 16.6. The fourth-order valence-corrected chi connectivity index (χ4v) is 6.10. The normalized spacial score (nSPS) is 11.9. The smallest absolute Gasteiger partial charge is 0.306 e. The molecule has 0 rings (SSSR count). The van der Waals surface area contributed by atoms with Crippen LogP contribution in [-0.2, 0) is 28.6 Å². The van der Waals surface area contributed by atoms with Crippen LogP contribution < -0.4 is 0 Å². The number of carbonyl (C=O) groups excluding carboxylic acids is 3. The predicted octanol–water partition coefficient (Wildman–Crippen LogP) is 12.8. The Hall–Kier alpha value is -1.59. The quantitative estimate of drug-likeness (QED) is 0.0369. The minimum Gasteiger partial charge on any atom is -0.462 e. The first-order valence-corrected chi connectivity index (χ1v) is 20.9. The van der Waals surface area contributed by atoms with Crippen LogP contribution in [0.25, 0.3) is 0 Å². The van der Waals surface area contributed by atoms with Crippen LogP contribution in [0.5, 0.6) is 0 Å². The van der Waals surface area contributed by atoms with Crippen molar-refractivity contribution >= 4 is 17.9 Å². The second kappa shape index (κ2) is 36.7. The molecule has 0 bridgehead atoms. The maximum absolute atomic E-state index is 12.6. The molecular weight excluding hydrogens is 600 g/mol. The van der Waals surface area contributed by atoms with Crippen LogP contribution in [0.1, 0.15) is 227 Å². The van der Waals surface area contributed by atoms with Crippen molar-refractivity contribution in [1.29, 1.82) is 0 Å². The first-order chi connectivity index (χ1) is 23.4. The van der Waals surface area contributed by atoms with Gasteiger partial charge >= 0.3 is 17.9 Å². The van der Waals surface area contributed by atoms with Gasteiger partial charge in [0.05, 0.1) is 0 Å². The van der Waals surface area contributed by atoms with E-state index in [4.69, 9.17) is 14.2 Å². The molecule has 0 aliphatic rings. The third kappa shape index (κ3) is 35.7. The summed E-state index contributed by atoms with van der Waals surface area (Å²) in [4.78, 5) is 37.4. The highest BCUT2D eigenvalue weighted by molar-refractivity contribution is 5.71. The summed E-state index contributed by atoms with van der Waals surface area (Å²) in [5.41, 5.74) is 0. The van der Waals surface area contributed by atoms with Crippen molar-refractivity contribution in [1.82, 2.24) is 0 Å². The molecule has 0 amide bonds. The monoisotopic (exact) mass is 681 g/mol. The van der Waals surface area contributed by atoms with E-state index in [1.165, 1.54) is 122 Å². The number of ether oxygens (including phenoxy) is 3. The molecule has 0 aliphatic heterocycles. The minimum atomic E-state index is -0.756. The summed E-state index contributed by atoms with van der Waals surface area (Å²) in [5.74, 6) is -0.0418. The molecule has 284 valence electrons. The molecule has 0 aromatic carbocycles. The Kier molecular flexibility index (Phi) is 35.5. The summed E-state index contributed by atoms with van der Waals surface area (Å²) in [6, 6.07) is 0. The third-order valence-electron chi connectivity index (χ3n) is 9.29. The first-order valence-electron chi connectivity index (χ1n) is 20.9. The van der Waals surface area contributed by atoms with E-state index in [0.29, 0.717) is 19.3 Å². The second-order valence-corrected chi connectivity index (χ2v) is 14.7. The van der Waals surface area contributed by atoms with Gasteiger partial charge in [-0.3, -0.25) is 14.4 Å². The fourth-order valence-electron chi connectivity index (χ4n) is 6.10. The zero-order valence-electron chi connectivity index (χ0n) is 32.4. The van der Waals surface area contributed by atoms with Crippen molar-refractivity contribution in [3.8, 4) is 0 Å². The van der Waals surface area contributed by atoms with Gasteiger partial charge < -0.3 is 14.2 Å². The molecule has 0 saturated heterocycles. The highest BCUT2D eigenvalue weighted by Gasteiger charge is 2.19. The van der Waals surface area contributed by atoms with Gasteiger partial charge in [-0.2, -0.15) is 0 Å². The Labute approximate surface area is 298 Å². The lowest BCUT2D eigenvalue weighted by Crippen LogP contribution is -2.30. The van der Waals surface area contributed by atoms with E-state index in [-0.39, 0.29) is 31.1 Å². The van der Waals surface area contributed by atoms with Crippen LogP contribution in [0.2, 0.25) is 0 Å². The molecule has 0 aromatic rings. The van der Waals surface area contributed by atoms with Crippen molar-refractivity contribution < 1.29 is 28.6 Å². The minimum absolute atomic E-state index is 0.0650. The Balaban J connectivity index is 4.26. The van der Waals surface area contributed by atoms with Crippen molar-refractivity contribution in [2.24, 2.45) is 5.92 Å². The Morgan fingerprint density at radius 2 is 0.688 bits per heavy atom. The van der Waals surface area contributed by atoms with E-state index in [9.17, 15) is 14.4 Å². The van der Waals surface area contributed by atoms with E-state index in [2.05, 4.69) is 27.7 Å². The molecule has 6 heteroatoms. The molecule has 6 nitrogen and oxygen atoms in total. The molecule has 0 unspecified atom stereocenters. The van der Waals surface area contributed by atoms with E-state index in [0.717, 1.165) is 63.7 Å². The molecule has 0 N–H and O–H groups in total. The van der Waals surface area contributed by atoms with Gasteiger partial charge in [-0.15, -0.1) is 0 Å². The van der Waals surface area contributed by atoms with Crippen molar-refractivity contribution in [2.45, 2.75) is 233 Å². The lowest BCUT2D eigenvalue weighted by atomic mass is 10.0. The van der Waals surface area contributed by atoms with Crippen molar-refractivity contribution in [2.75, 3.05) is 13.2 Å². The maximum atomic E-state index is 12.6. The van der Waals surface area contributed by atoms with E-state index >= 15 is 0 Å². The van der Waals surface area contributed by atoms with Gasteiger partial charge in [-0.05, 0) is 25.2 Å². The van der Waals surface area contributed by atoms with E-state index in [1.807, 2.05) is 0 Å². The lowest BCUT2D eigenvalue weighted by molar-refractivity contribution is -0.167.